The predicted octanol–water partition coefficient (Wildman–Crippen LogP) is 4.44. The fraction of sp³-hybridized carbons (Fsp3) is 0. The van der Waals surface area contributed by atoms with E-state index in [1.54, 1.807) is 36.4 Å². The average molecular weight is 338 g/mol. The molecule has 0 unspecified atom stereocenters. The number of fused-ring (bicyclic) bond motifs is 1. The Morgan fingerprint density at radius 1 is 1.19 bits per heavy atom. The molecule has 7 heteroatoms. The number of nitrogens with two attached hydrogens (primary N) is 1. The van der Waals surface area contributed by atoms with E-state index in [1.165, 1.54) is 11.3 Å². The molecule has 0 radical (unpaired) electrons. The number of nitrogens with zero attached hydrogens (tertiary/aromatic N) is 1. The number of amides is 1. The van der Waals surface area contributed by atoms with E-state index in [2.05, 4.69) is 10.3 Å². The van der Waals surface area contributed by atoms with Gasteiger partial charge in [-0.25, -0.2) is 4.98 Å². The third kappa shape index (κ3) is 2.95. The lowest BCUT2D eigenvalue weighted by atomic mass is 10.2. The molecule has 3 aromatic rings. The Balaban J connectivity index is 1.91. The molecular formula is C14H9Cl2N3OS. The van der Waals surface area contributed by atoms with Gasteiger partial charge in [0.2, 0.25) is 0 Å². The summed E-state index contributed by atoms with van der Waals surface area (Å²) in [7, 11) is 0. The third-order valence-electron chi connectivity index (χ3n) is 2.84. The van der Waals surface area contributed by atoms with Crippen molar-refractivity contribution >= 4 is 61.5 Å². The zero-order valence-corrected chi connectivity index (χ0v) is 12.9. The van der Waals surface area contributed by atoms with Crippen molar-refractivity contribution in [3.8, 4) is 0 Å². The summed E-state index contributed by atoms with van der Waals surface area (Å²) in [6.45, 7) is 0. The van der Waals surface area contributed by atoms with Gasteiger partial charge in [-0.1, -0.05) is 34.5 Å². The molecule has 4 nitrogen and oxygen atoms in total. The Bertz CT molecular complexity index is 847. The Kier molecular flexibility index (Phi) is 3.71. The molecule has 21 heavy (non-hydrogen) atoms. The van der Waals surface area contributed by atoms with Crippen LogP contribution >= 0.6 is 34.5 Å². The van der Waals surface area contributed by atoms with Gasteiger partial charge < -0.3 is 11.1 Å². The molecule has 0 saturated heterocycles. The van der Waals surface area contributed by atoms with Gasteiger partial charge >= 0.3 is 0 Å². The van der Waals surface area contributed by atoms with Crippen LogP contribution in [0.5, 0.6) is 0 Å². The highest BCUT2D eigenvalue weighted by atomic mass is 35.5. The molecule has 0 atom stereocenters. The SMILES string of the molecule is Nc1nc2ccc(C(=O)Nc3cc(Cl)ccc3Cl)cc2s1. The fourth-order valence-corrected chi connectivity index (χ4v) is 2.98. The molecule has 2 aromatic carbocycles. The number of carbonyl (C=O) groups is 1. The second kappa shape index (κ2) is 5.52. The number of rotatable bonds is 2. The molecule has 1 heterocycles. The van der Waals surface area contributed by atoms with Crippen LogP contribution in [0.15, 0.2) is 36.4 Å². The normalized spacial score (nSPS) is 10.8. The molecule has 3 rings (SSSR count). The number of hydrogen-bond acceptors (Lipinski definition) is 4. The Hall–Kier alpha value is -1.82. The highest BCUT2D eigenvalue weighted by Gasteiger charge is 2.11. The number of thiazole rings is 1. The second-order valence-corrected chi connectivity index (χ2v) is 6.22. The summed E-state index contributed by atoms with van der Waals surface area (Å²) in [4.78, 5) is 16.4. The predicted molar refractivity (Wildman–Crippen MR) is 88.4 cm³/mol. The lowest BCUT2D eigenvalue weighted by Crippen LogP contribution is -2.12. The van der Waals surface area contributed by atoms with Crippen LogP contribution in [0.4, 0.5) is 10.8 Å². The van der Waals surface area contributed by atoms with Crippen molar-refractivity contribution in [1.82, 2.24) is 4.98 Å². The molecule has 0 aliphatic heterocycles. The molecule has 0 saturated carbocycles. The van der Waals surface area contributed by atoms with Crippen LogP contribution in [0.25, 0.3) is 10.2 Å². The van der Waals surface area contributed by atoms with E-state index in [1.807, 2.05) is 0 Å². The summed E-state index contributed by atoms with van der Waals surface area (Å²) in [6.07, 6.45) is 0. The second-order valence-electron chi connectivity index (χ2n) is 4.31. The summed E-state index contributed by atoms with van der Waals surface area (Å²) >= 11 is 13.3. The molecular weight excluding hydrogens is 329 g/mol. The van der Waals surface area contributed by atoms with E-state index in [9.17, 15) is 4.79 Å². The van der Waals surface area contributed by atoms with E-state index in [4.69, 9.17) is 28.9 Å². The van der Waals surface area contributed by atoms with Crippen LogP contribution in [0.1, 0.15) is 10.4 Å². The summed E-state index contributed by atoms with van der Waals surface area (Å²) in [5, 5.41) is 4.14. The van der Waals surface area contributed by atoms with Gasteiger partial charge in [-0.2, -0.15) is 0 Å². The molecule has 0 aliphatic rings. The highest BCUT2D eigenvalue weighted by molar-refractivity contribution is 7.22. The molecule has 0 spiro atoms. The standard InChI is InChI=1S/C14H9Cl2N3OS/c15-8-2-3-9(16)11(6-8)18-13(20)7-1-4-10-12(5-7)21-14(17)19-10/h1-6H,(H2,17,19)(H,18,20). The lowest BCUT2D eigenvalue weighted by molar-refractivity contribution is 0.102. The summed E-state index contributed by atoms with van der Waals surface area (Å²) in [6, 6.07) is 10.1. The first-order valence-electron chi connectivity index (χ1n) is 5.95. The van der Waals surface area contributed by atoms with Crippen LogP contribution < -0.4 is 11.1 Å². The number of hydrogen-bond donors (Lipinski definition) is 2. The largest absolute Gasteiger partial charge is 0.375 e. The number of halogens is 2. The minimum Gasteiger partial charge on any atom is -0.375 e. The van der Waals surface area contributed by atoms with E-state index >= 15 is 0 Å². The molecule has 106 valence electrons. The molecule has 0 fully saturated rings. The third-order valence-corrected chi connectivity index (χ3v) is 4.26. The van der Waals surface area contributed by atoms with Crippen molar-refractivity contribution in [3.05, 3.63) is 52.0 Å². The molecule has 0 bridgehead atoms. The van der Waals surface area contributed by atoms with Gasteiger partial charge in [-0.3, -0.25) is 4.79 Å². The first-order chi connectivity index (χ1) is 10.0. The molecule has 0 aliphatic carbocycles. The van der Waals surface area contributed by atoms with E-state index in [0.29, 0.717) is 26.4 Å². The fourth-order valence-electron chi connectivity index (χ4n) is 1.87. The summed E-state index contributed by atoms with van der Waals surface area (Å²) in [5.41, 5.74) is 7.40. The number of anilines is 2. The van der Waals surface area contributed by atoms with Crippen LogP contribution in [0, 0.1) is 0 Å². The molecule has 1 amide bonds. The first-order valence-corrected chi connectivity index (χ1v) is 7.52. The van der Waals surface area contributed by atoms with Gasteiger partial charge in [0.25, 0.3) is 5.91 Å². The van der Waals surface area contributed by atoms with E-state index in [0.717, 1.165) is 10.2 Å². The molecule has 3 N–H and O–H groups in total. The summed E-state index contributed by atoms with van der Waals surface area (Å²) < 4.78 is 0.859. The number of carbonyl (C=O) groups excluding carboxylic acids is 1. The smallest absolute Gasteiger partial charge is 0.255 e. The Morgan fingerprint density at radius 2 is 2.00 bits per heavy atom. The van der Waals surface area contributed by atoms with Gasteiger partial charge in [-0.05, 0) is 36.4 Å². The van der Waals surface area contributed by atoms with Crippen molar-refractivity contribution in [2.24, 2.45) is 0 Å². The van der Waals surface area contributed by atoms with Crippen molar-refractivity contribution in [2.75, 3.05) is 11.1 Å². The maximum absolute atomic E-state index is 12.3. The lowest BCUT2D eigenvalue weighted by Gasteiger charge is -2.07. The van der Waals surface area contributed by atoms with Gasteiger partial charge in [0.1, 0.15) is 0 Å². The van der Waals surface area contributed by atoms with E-state index in [-0.39, 0.29) is 5.91 Å². The quantitative estimate of drug-likeness (QED) is 0.726. The van der Waals surface area contributed by atoms with Crippen molar-refractivity contribution in [1.29, 1.82) is 0 Å². The number of aromatic nitrogens is 1. The maximum Gasteiger partial charge on any atom is 0.255 e. The molecule has 1 aromatic heterocycles. The highest BCUT2D eigenvalue weighted by Crippen LogP contribution is 2.27. The zero-order chi connectivity index (χ0) is 15.0. The van der Waals surface area contributed by atoms with Gasteiger partial charge in [-0.15, -0.1) is 0 Å². The minimum absolute atomic E-state index is 0.270. The first kappa shape index (κ1) is 14.1. The Labute approximate surface area is 134 Å². The monoisotopic (exact) mass is 337 g/mol. The topological polar surface area (TPSA) is 68.0 Å². The van der Waals surface area contributed by atoms with Crippen LogP contribution in [-0.4, -0.2) is 10.9 Å². The zero-order valence-electron chi connectivity index (χ0n) is 10.6. The van der Waals surface area contributed by atoms with Gasteiger partial charge in [0.15, 0.2) is 5.13 Å². The van der Waals surface area contributed by atoms with Crippen molar-refractivity contribution in [2.45, 2.75) is 0 Å². The average Bonchev–Trinajstić information content (AvgIpc) is 2.81. The van der Waals surface area contributed by atoms with Crippen molar-refractivity contribution < 1.29 is 4.79 Å². The summed E-state index contributed by atoms with van der Waals surface area (Å²) in [5.74, 6) is -0.270. The Morgan fingerprint density at radius 3 is 2.81 bits per heavy atom. The number of nitrogens with one attached hydrogen (secondary N) is 1. The van der Waals surface area contributed by atoms with Crippen LogP contribution in [0.3, 0.4) is 0 Å². The van der Waals surface area contributed by atoms with Crippen LogP contribution in [0.2, 0.25) is 10.0 Å². The maximum atomic E-state index is 12.3. The number of nitrogen functional groups attached to an aromatic ring is 1. The van der Waals surface area contributed by atoms with Crippen molar-refractivity contribution in [3.63, 3.8) is 0 Å². The van der Waals surface area contributed by atoms with E-state index < -0.39 is 0 Å². The number of benzene rings is 2. The van der Waals surface area contributed by atoms with Crippen LogP contribution in [-0.2, 0) is 0 Å². The minimum atomic E-state index is -0.270. The van der Waals surface area contributed by atoms with Gasteiger partial charge in [0.05, 0.1) is 20.9 Å². The van der Waals surface area contributed by atoms with Gasteiger partial charge in [0, 0.05) is 10.6 Å².